The second-order valence-corrected chi connectivity index (χ2v) is 9.26. The number of methoxy groups -OCH3 is 1. The van der Waals surface area contributed by atoms with Gasteiger partial charge in [0.2, 0.25) is 11.9 Å². The van der Waals surface area contributed by atoms with Crippen LogP contribution in [0.15, 0.2) is 27.8 Å². The number of H-pyrrole nitrogens is 2. The van der Waals surface area contributed by atoms with E-state index in [4.69, 9.17) is 0 Å². The SMILES string of the molecule is CCOC.CCn1c(N2CCN(CC(=O)Nc3c(C=O)[nH]c4ccc(F)cc34)CC2)nc2c1c(=O)[nH]c(=O)n2C. The molecule has 4 heterocycles. The van der Waals surface area contributed by atoms with E-state index in [1.165, 1.54) is 22.8 Å². The number of aryl methyl sites for hydroxylation is 2. The van der Waals surface area contributed by atoms with Gasteiger partial charge in [-0.1, -0.05) is 0 Å². The van der Waals surface area contributed by atoms with Gasteiger partial charge in [0.25, 0.3) is 5.56 Å². The van der Waals surface area contributed by atoms with E-state index in [1.807, 2.05) is 23.6 Å². The number of ether oxygens (including phenoxy) is 1. The number of hydrogen-bond acceptors (Lipinski definition) is 8. The van der Waals surface area contributed by atoms with E-state index in [9.17, 15) is 23.6 Å². The first-order valence-electron chi connectivity index (χ1n) is 12.9. The summed E-state index contributed by atoms with van der Waals surface area (Å²) in [7, 11) is 3.24. The number of aromatic nitrogens is 5. The smallest absolute Gasteiger partial charge is 0.329 e. The number of carbonyl (C=O) groups is 2. The highest BCUT2D eigenvalue weighted by Gasteiger charge is 2.25. The average Bonchev–Trinajstić information content (AvgIpc) is 3.51. The zero-order valence-corrected chi connectivity index (χ0v) is 22.9. The van der Waals surface area contributed by atoms with Crippen LogP contribution >= 0.6 is 0 Å². The van der Waals surface area contributed by atoms with Crippen LogP contribution in [0.3, 0.4) is 0 Å². The fraction of sp³-hybridized carbons (Fsp3) is 0.423. The highest BCUT2D eigenvalue weighted by molar-refractivity contribution is 6.08. The van der Waals surface area contributed by atoms with Crippen molar-refractivity contribution < 1.29 is 18.7 Å². The molecule has 14 heteroatoms. The number of fused-ring (bicyclic) bond motifs is 2. The fourth-order valence-corrected chi connectivity index (χ4v) is 4.66. The Morgan fingerprint density at radius 2 is 1.88 bits per heavy atom. The molecule has 40 heavy (non-hydrogen) atoms. The molecule has 214 valence electrons. The van der Waals surface area contributed by atoms with Crippen molar-refractivity contribution >= 4 is 45.9 Å². The number of nitrogens with one attached hydrogen (secondary N) is 3. The summed E-state index contributed by atoms with van der Waals surface area (Å²) in [5.41, 5.74) is 0.660. The summed E-state index contributed by atoms with van der Waals surface area (Å²) in [6.07, 6.45) is 0.590. The first kappa shape index (κ1) is 28.7. The van der Waals surface area contributed by atoms with Gasteiger partial charge >= 0.3 is 5.69 Å². The Morgan fingerprint density at radius 3 is 2.50 bits per heavy atom. The van der Waals surface area contributed by atoms with Crippen LogP contribution in [-0.4, -0.2) is 87.6 Å². The van der Waals surface area contributed by atoms with Gasteiger partial charge in [-0.05, 0) is 32.0 Å². The molecule has 3 N–H and O–H groups in total. The van der Waals surface area contributed by atoms with Crippen molar-refractivity contribution in [3.05, 3.63) is 50.5 Å². The lowest BCUT2D eigenvalue weighted by molar-refractivity contribution is -0.117. The lowest BCUT2D eigenvalue weighted by atomic mass is 10.2. The number of imidazole rings is 1. The molecule has 1 amide bonds. The van der Waals surface area contributed by atoms with Gasteiger partial charge in [0.05, 0.1) is 12.2 Å². The average molecular weight is 557 g/mol. The van der Waals surface area contributed by atoms with Gasteiger partial charge in [-0.2, -0.15) is 4.98 Å². The van der Waals surface area contributed by atoms with Crippen LogP contribution in [-0.2, 0) is 23.1 Å². The molecule has 1 aromatic carbocycles. The van der Waals surface area contributed by atoms with E-state index in [-0.39, 0.29) is 23.8 Å². The maximum Gasteiger partial charge on any atom is 0.329 e. The number of amides is 1. The molecular formula is C26H33FN8O5. The minimum atomic E-state index is -0.522. The summed E-state index contributed by atoms with van der Waals surface area (Å²) in [4.78, 5) is 62.4. The summed E-state index contributed by atoms with van der Waals surface area (Å²) in [5.74, 6) is -0.190. The van der Waals surface area contributed by atoms with E-state index < -0.39 is 17.1 Å². The van der Waals surface area contributed by atoms with Gasteiger partial charge in [0.15, 0.2) is 17.5 Å². The second-order valence-electron chi connectivity index (χ2n) is 9.26. The molecule has 1 fully saturated rings. The van der Waals surface area contributed by atoms with Crippen molar-refractivity contribution in [2.75, 3.05) is 56.7 Å². The first-order valence-corrected chi connectivity index (χ1v) is 12.9. The predicted molar refractivity (Wildman–Crippen MR) is 150 cm³/mol. The third-order valence-electron chi connectivity index (χ3n) is 6.79. The van der Waals surface area contributed by atoms with Crippen LogP contribution in [0.2, 0.25) is 0 Å². The van der Waals surface area contributed by atoms with E-state index in [0.717, 1.165) is 6.61 Å². The highest BCUT2D eigenvalue weighted by Crippen LogP contribution is 2.28. The summed E-state index contributed by atoms with van der Waals surface area (Å²) in [5, 5.41) is 3.17. The molecule has 0 bridgehead atoms. The normalized spacial score (nSPS) is 13.9. The topological polar surface area (TPSA) is 150 Å². The number of hydrogen-bond donors (Lipinski definition) is 3. The van der Waals surface area contributed by atoms with Crippen molar-refractivity contribution in [2.45, 2.75) is 20.4 Å². The zero-order chi connectivity index (χ0) is 29.0. The second kappa shape index (κ2) is 12.3. The maximum absolute atomic E-state index is 13.7. The van der Waals surface area contributed by atoms with Gasteiger partial charge in [-0.25, -0.2) is 9.18 Å². The monoisotopic (exact) mass is 556 g/mol. The van der Waals surface area contributed by atoms with E-state index in [1.54, 1.807) is 18.7 Å². The molecule has 5 rings (SSSR count). The van der Waals surface area contributed by atoms with Gasteiger partial charge < -0.3 is 24.5 Å². The molecule has 0 radical (unpaired) electrons. The zero-order valence-electron chi connectivity index (χ0n) is 22.9. The molecule has 0 unspecified atom stereocenters. The van der Waals surface area contributed by atoms with Crippen LogP contribution < -0.4 is 21.5 Å². The third-order valence-corrected chi connectivity index (χ3v) is 6.79. The summed E-state index contributed by atoms with van der Waals surface area (Å²) >= 11 is 0. The molecule has 4 aromatic rings. The van der Waals surface area contributed by atoms with Crippen LogP contribution in [0.5, 0.6) is 0 Å². The van der Waals surface area contributed by atoms with Crippen LogP contribution in [0, 0.1) is 5.82 Å². The molecule has 1 aliphatic rings. The van der Waals surface area contributed by atoms with Gasteiger partial charge in [0.1, 0.15) is 11.5 Å². The summed E-state index contributed by atoms with van der Waals surface area (Å²) < 4.78 is 21.4. The number of rotatable bonds is 7. The molecule has 0 spiro atoms. The van der Waals surface area contributed by atoms with E-state index in [0.29, 0.717) is 67.0 Å². The lowest BCUT2D eigenvalue weighted by Gasteiger charge is -2.35. The number of nitrogens with zero attached hydrogens (tertiary/aromatic N) is 5. The van der Waals surface area contributed by atoms with Crippen LogP contribution in [0.4, 0.5) is 16.0 Å². The largest absolute Gasteiger partial charge is 0.385 e. The molecule has 3 aromatic heterocycles. The standard InChI is InChI=1S/C23H25FN8O4.C3H8O/c1-3-32-19-20(29(2)23(36)28-21(19)35)27-22(32)31-8-6-30(7-9-31)11-17(34)26-18-14-10-13(24)4-5-15(14)25-16(18)12-33;1-3-4-2/h4-5,10,12,25H,3,6-9,11H2,1-2H3,(H,26,34)(H,28,35,36);3H2,1-2H3. The van der Waals surface area contributed by atoms with Gasteiger partial charge in [-0.15, -0.1) is 0 Å². The Hall–Kier alpha value is -4.30. The van der Waals surface area contributed by atoms with Gasteiger partial charge in [-0.3, -0.25) is 28.8 Å². The minimum absolute atomic E-state index is 0.0898. The number of piperazine rings is 1. The van der Waals surface area contributed by atoms with Crippen LogP contribution in [0.25, 0.3) is 22.1 Å². The molecule has 0 atom stereocenters. The molecule has 13 nitrogen and oxygen atoms in total. The first-order chi connectivity index (χ1) is 19.2. The van der Waals surface area contributed by atoms with Crippen molar-refractivity contribution in [3.63, 3.8) is 0 Å². The van der Waals surface area contributed by atoms with Crippen molar-refractivity contribution in [3.8, 4) is 0 Å². The Labute approximate surface area is 228 Å². The molecular weight excluding hydrogens is 523 g/mol. The predicted octanol–water partition coefficient (Wildman–Crippen LogP) is 1.29. The highest BCUT2D eigenvalue weighted by atomic mass is 19.1. The number of anilines is 2. The fourth-order valence-electron chi connectivity index (χ4n) is 4.66. The Bertz CT molecular complexity index is 1640. The number of aromatic amines is 2. The molecule has 0 saturated carbocycles. The van der Waals surface area contributed by atoms with Crippen LogP contribution in [0.1, 0.15) is 24.3 Å². The van der Waals surface area contributed by atoms with Gasteiger partial charge in [0, 0.05) is 64.4 Å². The lowest BCUT2D eigenvalue weighted by Crippen LogP contribution is -2.49. The summed E-state index contributed by atoms with van der Waals surface area (Å²) in [6, 6.07) is 4.07. The Kier molecular flexibility index (Phi) is 8.80. The van der Waals surface area contributed by atoms with E-state index in [2.05, 4.69) is 25.0 Å². The minimum Gasteiger partial charge on any atom is -0.385 e. The van der Waals surface area contributed by atoms with Crippen molar-refractivity contribution in [1.29, 1.82) is 0 Å². The van der Waals surface area contributed by atoms with E-state index >= 15 is 0 Å². The Balaban J connectivity index is 0.000000867. The number of benzene rings is 1. The maximum atomic E-state index is 13.7. The number of aldehydes is 1. The summed E-state index contributed by atoms with van der Waals surface area (Å²) in [6.45, 7) is 7.49. The quantitative estimate of drug-likeness (QED) is 0.288. The number of halogens is 1. The van der Waals surface area contributed by atoms with Crippen molar-refractivity contribution in [1.82, 2.24) is 29.0 Å². The molecule has 0 aliphatic carbocycles. The number of carbonyl (C=O) groups excluding carboxylic acids is 2. The third kappa shape index (κ3) is 5.67. The molecule has 1 aliphatic heterocycles. The molecule has 1 saturated heterocycles. The Morgan fingerprint density at radius 1 is 1.18 bits per heavy atom. The van der Waals surface area contributed by atoms with Crippen molar-refractivity contribution in [2.24, 2.45) is 7.05 Å².